The van der Waals surface area contributed by atoms with Crippen molar-refractivity contribution in [3.63, 3.8) is 0 Å². The molecule has 0 aliphatic carbocycles. The Hall–Kier alpha value is -2.82. The maximum absolute atomic E-state index is 12.8. The largest absolute Gasteiger partial charge is 0.506 e. The molecule has 0 aliphatic rings. The van der Waals surface area contributed by atoms with E-state index in [1.807, 2.05) is 30.3 Å². The second-order valence-electron chi connectivity index (χ2n) is 5.60. The standard InChI is InChI=1S/C21H15Cl2NO3/c22-15-9-6-10-16(23)18(15)20(25)19(17-11-4-5-12-24-17)21(26)27-13-14-7-2-1-3-8-14/h1-12,25H,13H2/b20-19-. The molecule has 0 bridgehead atoms. The summed E-state index contributed by atoms with van der Waals surface area (Å²) >= 11 is 12.4. The van der Waals surface area contributed by atoms with Crippen LogP contribution in [0.5, 0.6) is 0 Å². The highest BCUT2D eigenvalue weighted by Crippen LogP contribution is 2.34. The van der Waals surface area contributed by atoms with Crippen molar-refractivity contribution in [1.29, 1.82) is 0 Å². The molecule has 0 radical (unpaired) electrons. The Labute approximate surface area is 166 Å². The van der Waals surface area contributed by atoms with Crippen LogP contribution in [0.4, 0.5) is 0 Å². The zero-order valence-corrected chi connectivity index (χ0v) is 15.6. The van der Waals surface area contributed by atoms with Crippen LogP contribution in [0.25, 0.3) is 11.3 Å². The van der Waals surface area contributed by atoms with E-state index in [1.165, 1.54) is 6.20 Å². The molecule has 1 heterocycles. The van der Waals surface area contributed by atoms with Gasteiger partial charge in [-0.25, -0.2) is 4.79 Å². The number of ether oxygens (including phenoxy) is 1. The normalized spacial score (nSPS) is 11.6. The first-order valence-electron chi connectivity index (χ1n) is 8.08. The number of esters is 1. The number of pyridine rings is 1. The molecule has 3 aromatic rings. The monoisotopic (exact) mass is 399 g/mol. The van der Waals surface area contributed by atoms with Gasteiger partial charge in [-0.3, -0.25) is 4.98 Å². The third-order valence-corrected chi connectivity index (χ3v) is 4.40. The van der Waals surface area contributed by atoms with E-state index >= 15 is 0 Å². The van der Waals surface area contributed by atoms with E-state index in [0.29, 0.717) is 0 Å². The van der Waals surface area contributed by atoms with E-state index in [-0.39, 0.29) is 39.2 Å². The number of aromatic nitrogens is 1. The summed E-state index contributed by atoms with van der Waals surface area (Å²) in [5.41, 5.74) is 1.12. The van der Waals surface area contributed by atoms with Crippen LogP contribution in [0.3, 0.4) is 0 Å². The van der Waals surface area contributed by atoms with Gasteiger partial charge in [0.25, 0.3) is 0 Å². The first kappa shape index (κ1) is 19.0. The number of halogens is 2. The Kier molecular flexibility index (Phi) is 6.12. The number of benzene rings is 2. The molecule has 0 saturated carbocycles. The van der Waals surface area contributed by atoms with Gasteiger partial charge in [0, 0.05) is 6.20 Å². The Balaban J connectivity index is 2.02. The van der Waals surface area contributed by atoms with E-state index in [4.69, 9.17) is 27.9 Å². The molecule has 0 atom stereocenters. The third kappa shape index (κ3) is 4.48. The molecular formula is C21H15Cl2NO3. The fourth-order valence-corrected chi connectivity index (χ4v) is 3.05. The second-order valence-corrected chi connectivity index (χ2v) is 6.41. The molecule has 1 aromatic heterocycles. The number of aliphatic hydroxyl groups is 1. The van der Waals surface area contributed by atoms with Crippen LogP contribution in [-0.4, -0.2) is 16.1 Å². The van der Waals surface area contributed by atoms with Crippen LogP contribution in [0.2, 0.25) is 10.0 Å². The van der Waals surface area contributed by atoms with Gasteiger partial charge in [0.2, 0.25) is 0 Å². The number of carbonyl (C=O) groups is 1. The summed E-state index contributed by atoms with van der Waals surface area (Å²) in [6, 6.07) is 19.0. The maximum atomic E-state index is 12.8. The average molecular weight is 400 g/mol. The fourth-order valence-electron chi connectivity index (χ4n) is 2.48. The highest BCUT2D eigenvalue weighted by atomic mass is 35.5. The number of hydrogen-bond acceptors (Lipinski definition) is 4. The lowest BCUT2D eigenvalue weighted by atomic mass is 10.0. The molecule has 0 fully saturated rings. The molecule has 27 heavy (non-hydrogen) atoms. The van der Waals surface area contributed by atoms with Gasteiger partial charge in [-0.05, 0) is 29.8 Å². The summed E-state index contributed by atoms with van der Waals surface area (Å²) < 4.78 is 5.38. The number of nitrogens with zero attached hydrogens (tertiary/aromatic N) is 1. The minimum atomic E-state index is -0.731. The van der Waals surface area contributed by atoms with Crippen LogP contribution in [0.1, 0.15) is 16.8 Å². The van der Waals surface area contributed by atoms with Crippen LogP contribution >= 0.6 is 23.2 Å². The van der Waals surface area contributed by atoms with Gasteiger partial charge in [0.05, 0.1) is 21.3 Å². The minimum absolute atomic E-state index is 0.0551. The molecule has 2 aromatic carbocycles. The Bertz CT molecular complexity index is 953. The lowest BCUT2D eigenvalue weighted by molar-refractivity contribution is -0.137. The zero-order chi connectivity index (χ0) is 19.2. The minimum Gasteiger partial charge on any atom is -0.506 e. The molecule has 1 N–H and O–H groups in total. The van der Waals surface area contributed by atoms with Crippen molar-refractivity contribution in [2.75, 3.05) is 0 Å². The quantitative estimate of drug-likeness (QED) is 0.346. The predicted molar refractivity (Wildman–Crippen MR) is 106 cm³/mol. The molecule has 4 nitrogen and oxygen atoms in total. The number of carbonyl (C=O) groups excluding carboxylic acids is 1. The zero-order valence-electron chi connectivity index (χ0n) is 14.1. The predicted octanol–water partition coefficient (Wildman–Crippen LogP) is 5.56. The van der Waals surface area contributed by atoms with Crippen molar-refractivity contribution in [3.05, 3.63) is 99.8 Å². The average Bonchev–Trinajstić information content (AvgIpc) is 2.68. The van der Waals surface area contributed by atoms with E-state index in [1.54, 1.807) is 36.4 Å². The SMILES string of the molecule is O=C(OCc1ccccc1)/C(=C(\O)c1c(Cl)cccc1Cl)c1ccccn1. The van der Waals surface area contributed by atoms with Crippen molar-refractivity contribution in [3.8, 4) is 0 Å². The Morgan fingerprint density at radius 2 is 1.59 bits per heavy atom. The maximum Gasteiger partial charge on any atom is 0.344 e. The summed E-state index contributed by atoms with van der Waals surface area (Å²) in [5.74, 6) is -1.12. The first-order chi connectivity index (χ1) is 13.1. The Morgan fingerprint density at radius 3 is 2.22 bits per heavy atom. The molecule has 0 spiro atoms. The van der Waals surface area contributed by atoms with Crippen molar-refractivity contribution in [2.45, 2.75) is 6.61 Å². The van der Waals surface area contributed by atoms with Crippen LogP contribution in [0, 0.1) is 0 Å². The Morgan fingerprint density at radius 1 is 0.926 bits per heavy atom. The van der Waals surface area contributed by atoms with Crippen molar-refractivity contribution in [1.82, 2.24) is 4.98 Å². The summed E-state index contributed by atoms with van der Waals surface area (Å²) in [7, 11) is 0. The lowest BCUT2D eigenvalue weighted by Crippen LogP contribution is -2.11. The van der Waals surface area contributed by atoms with Gasteiger partial charge in [-0.2, -0.15) is 0 Å². The molecule has 3 rings (SSSR count). The summed E-state index contributed by atoms with van der Waals surface area (Å²) in [4.78, 5) is 16.9. The van der Waals surface area contributed by atoms with Gasteiger partial charge in [0.15, 0.2) is 0 Å². The van der Waals surface area contributed by atoms with Crippen LogP contribution < -0.4 is 0 Å². The smallest absolute Gasteiger partial charge is 0.344 e. The molecule has 0 saturated heterocycles. The van der Waals surface area contributed by atoms with Crippen molar-refractivity contribution in [2.24, 2.45) is 0 Å². The number of aliphatic hydroxyl groups excluding tert-OH is 1. The second kappa shape index (κ2) is 8.71. The lowest BCUT2D eigenvalue weighted by Gasteiger charge is -2.13. The van der Waals surface area contributed by atoms with E-state index < -0.39 is 5.97 Å². The number of hydrogen-bond donors (Lipinski definition) is 1. The molecular weight excluding hydrogens is 385 g/mol. The third-order valence-electron chi connectivity index (χ3n) is 3.77. The van der Waals surface area contributed by atoms with Gasteiger partial charge < -0.3 is 9.84 Å². The van der Waals surface area contributed by atoms with Gasteiger partial charge in [-0.15, -0.1) is 0 Å². The van der Waals surface area contributed by atoms with E-state index in [9.17, 15) is 9.90 Å². The summed E-state index contributed by atoms with van der Waals surface area (Å²) in [6.45, 7) is 0.0551. The van der Waals surface area contributed by atoms with Crippen LogP contribution in [-0.2, 0) is 16.1 Å². The van der Waals surface area contributed by atoms with E-state index in [2.05, 4.69) is 4.98 Å². The van der Waals surface area contributed by atoms with Crippen LogP contribution in [0.15, 0.2) is 72.9 Å². The fraction of sp³-hybridized carbons (Fsp3) is 0.0476. The highest BCUT2D eigenvalue weighted by molar-refractivity contribution is 6.38. The first-order valence-corrected chi connectivity index (χ1v) is 8.83. The topological polar surface area (TPSA) is 59.4 Å². The van der Waals surface area contributed by atoms with Gasteiger partial charge in [0.1, 0.15) is 17.9 Å². The molecule has 0 aliphatic heterocycles. The van der Waals surface area contributed by atoms with Gasteiger partial charge in [-0.1, -0.05) is 65.7 Å². The van der Waals surface area contributed by atoms with E-state index in [0.717, 1.165) is 5.56 Å². The van der Waals surface area contributed by atoms with Crippen molar-refractivity contribution >= 4 is 40.5 Å². The van der Waals surface area contributed by atoms with Crippen molar-refractivity contribution < 1.29 is 14.6 Å². The summed E-state index contributed by atoms with van der Waals surface area (Å²) in [6.07, 6.45) is 1.52. The molecule has 136 valence electrons. The van der Waals surface area contributed by atoms with Gasteiger partial charge >= 0.3 is 5.97 Å². The molecule has 6 heteroatoms. The molecule has 0 unspecified atom stereocenters. The summed E-state index contributed by atoms with van der Waals surface area (Å²) in [5, 5.41) is 11.3. The number of rotatable bonds is 5. The molecule has 0 amide bonds. The highest BCUT2D eigenvalue weighted by Gasteiger charge is 2.24.